The zero-order valence-electron chi connectivity index (χ0n) is 11.6. The van der Waals surface area contributed by atoms with Crippen molar-refractivity contribution in [3.8, 4) is 0 Å². The van der Waals surface area contributed by atoms with Crippen LogP contribution in [0.1, 0.15) is 20.7 Å². The minimum Gasteiger partial charge on any atom is -0.267 e. The molecular weight excluding hydrogens is 280 g/mol. The predicted octanol–water partition coefficient (Wildman–Crippen LogP) is 1.82. The first-order valence-corrected chi connectivity index (χ1v) is 6.53. The summed E-state index contributed by atoms with van der Waals surface area (Å²) < 4.78 is 0. The molecule has 2 rings (SSSR count). The first-order chi connectivity index (χ1) is 10.8. The van der Waals surface area contributed by atoms with Crippen LogP contribution >= 0.6 is 0 Å². The SMILES string of the molecule is O=C(N/N=C/C=N/NC(=O)c1ccccc1)c1ccccc1. The Morgan fingerprint density at radius 3 is 1.41 bits per heavy atom. The third kappa shape index (κ3) is 4.68. The summed E-state index contributed by atoms with van der Waals surface area (Å²) in [5, 5.41) is 7.38. The van der Waals surface area contributed by atoms with E-state index in [0.717, 1.165) is 0 Å². The fourth-order valence-electron chi connectivity index (χ4n) is 1.57. The highest BCUT2D eigenvalue weighted by molar-refractivity contribution is 6.16. The largest absolute Gasteiger partial charge is 0.271 e. The minimum absolute atomic E-state index is 0.321. The fourth-order valence-corrected chi connectivity index (χ4v) is 1.57. The Morgan fingerprint density at radius 2 is 1.05 bits per heavy atom. The standard InChI is InChI=1S/C16H14N4O2/c21-15(13-7-3-1-4-8-13)19-17-11-12-18-20-16(22)14-9-5-2-6-10-14/h1-12H,(H,19,21)(H,20,22)/b17-11+,18-12+. The summed E-state index contributed by atoms with van der Waals surface area (Å²) in [6.45, 7) is 0. The van der Waals surface area contributed by atoms with Crippen LogP contribution in [0.2, 0.25) is 0 Å². The molecule has 0 saturated carbocycles. The van der Waals surface area contributed by atoms with Crippen molar-refractivity contribution in [3.05, 3.63) is 71.8 Å². The van der Waals surface area contributed by atoms with Crippen LogP contribution < -0.4 is 10.9 Å². The van der Waals surface area contributed by atoms with Crippen LogP contribution in [-0.2, 0) is 0 Å². The maximum atomic E-state index is 11.6. The lowest BCUT2D eigenvalue weighted by Crippen LogP contribution is -2.18. The second kappa shape index (κ2) is 8.11. The Balaban J connectivity index is 1.76. The van der Waals surface area contributed by atoms with E-state index in [4.69, 9.17) is 0 Å². The van der Waals surface area contributed by atoms with E-state index in [9.17, 15) is 9.59 Å². The third-order valence-electron chi connectivity index (χ3n) is 2.62. The highest BCUT2D eigenvalue weighted by atomic mass is 16.2. The topological polar surface area (TPSA) is 82.9 Å². The summed E-state index contributed by atoms with van der Waals surface area (Å²) in [7, 11) is 0. The van der Waals surface area contributed by atoms with Gasteiger partial charge in [0.15, 0.2) is 0 Å². The van der Waals surface area contributed by atoms with Crippen LogP contribution in [0.5, 0.6) is 0 Å². The molecule has 0 aliphatic carbocycles. The molecule has 0 bridgehead atoms. The van der Waals surface area contributed by atoms with Gasteiger partial charge in [0.1, 0.15) is 0 Å². The van der Waals surface area contributed by atoms with Gasteiger partial charge in [-0.1, -0.05) is 36.4 Å². The van der Waals surface area contributed by atoms with Crippen molar-refractivity contribution in [2.24, 2.45) is 10.2 Å². The molecule has 0 aromatic heterocycles. The molecule has 0 fully saturated rings. The highest BCUT2D eigenvalue weighted by Gasteiger charge is 2.01. The summed E-state index contributed by atoms with van der Waals surface area (Å²) in [6, 6.07) is 17.4. The van der Waals surface area contributed by atoms with Gasteiger partial charge >= 0.3 is 0 Å². The van der Waals surface area contributed by atoms with E-state index in [1.54, 1.807) is 48.5 Å². The maximum Gasteiger partial charge on any atom is 0.271 e. The van der Waals surface area contributed by atoms with Gasteiger partial charge in [-0.25, -0.2) is 10.9 Å². The zero-order chi connectivity index (χ0) is 15.6. The van der Waals surface area contributed by atoms with Crippen molar-refractivity contribution in [1.29, 1.82) is 0 Å². The Hall–Kier alpha value is -3.28. The first kappa shape index (κ1) is 15.1. The van der Waals surface area contributed by atoms with Gasteiger partial charge in [0.2, 0.25) is 0 Å². The number of nitrogens with zero attached hydrogens (tertiary/aromatic N) is 2. The average molecular weight is 294 g/mol. The second-order valence-corrected chi connectivity index (χ2v) is 4.17. The van der Waals surface area contributed by atoms with Gasteiger partial charge < -0.3 is 0 Å². The molecule has 0 aliphatic rings. The van der Waals surface area contributed by atoms with Crippen molar-refractivity contribution < 1.29 is 9.59 Å². The molecule has 0 saturated heterocycles. The predicted molar refractivity (Wildman–Crippen MR) is 84.8 cm³/mol. The second-order valence-electron chi connectivity index (χ2n) is 4.17. The molecule has 0 spiro atoms. The first-order valence-electron chi connectivity index (χ1n) is 6.53. The van der Waals surface area contributed by atoms with E-state index in [-0.39, 0.29) is 11.8 Å². The van der Waals surface area contributed by atoms with Crippen LogP contribution in [0, 0.1) is 0 Å². The molecule has 0 unspecified atom stereocenters. The van der Waals surface area contributed by atoms with E-state index in [0.29, 0.717) is 11.1 Å². The van der Waals surface area contributed by atoms with E-state index < -0.39 is 0 Å². The molecule has 0 radical (unpaired) electrons. The molecule has 2 aromatic carbocycles. The van der Waals surface area contributed by atoms with Crippen LogP contribution in [0.25, 0.3) is 0 Å². The number of hydrazone groups is 2. The Bertz CT molecular complexity index is 620. The quantitative estimate of drug-likeness (QED) is 0.651. The van der Waals surface area contributed by atoms with E-state index in [1.165, 1.54) is 12.4 Å². The van der Waals surface area contributed by atoms with Gasteiger partial charge in [-0.15, -0.1) is 0 Å². The van der Waals surface area contributed by atoms with Gasteiger partial charge in [-0.3, -0.25) is 9.59 Å². The number of hydrogen-bond acceptors (Lipinski definition) is 4. The molecule has 6 heteroatoms. The van der Waals surface area contributed by atoms with Crippen molar-refractivity contribution >= 4 is 24.2 Å². The summed E-state index contributed by atoms with van der Waals surface area (Å²) in [6.07, 6.45) is 2.54. The maximum absolute atomic E-state index is 11.6. The molecule has 2 aromatic rings. The molecule has 22 heavy (non-hydrogen) atoms. The molecule has 0 heterocycles. The van der Waals surface area contributed by atoms with E-state index in [2.05, 4.69) is 21.1 Å². The number of nitrogens with one attached hydrogen (secondary N) is 2. The van der Waals surface area contributed by atoms with Crippen LogP contribution in [0.15, 0.2) is 70.9 Å². The van der Waals surface area contributed by atoms with Gasteiger partial charge in [0.25, 0.3) is 11.8 Å². The third-order valence-corrected chi connectivity index (χ3v) is 2.62. The number of benzene rings is 2. The van der Waals surface area contributed by atoms with E-state index in [1.807, 2.05) is 12.1 Å². The molecule has 2 amide bonds. The molecule has 0 atom stereocenters. The number of carbonyl (C=O) groups is 2. The Labute approximate surface area is 127 Å². The number of rotatable bonds is 5. The van der Waals surface area contributed by atoms with Crippen LogP contribution in [0.3, 0.4) is 0 Å². The number of hydrogen-bond donors (Lipinski definition) is 2. The molecule has 6 nitrogen and oxygen atoms in total. The fraction of sp³-hybridized carbons (Fsp3) is 0. The van der Waals surface area contributed by atoms with Gasteiger partial charge in [0.05, 0.1) is 12.4 Å². The Morgan fingerprint density at radius 1 is 0.682 bits per heavy atom. The molecule has 110 valence electrons. The lowest BCUT2D eigenvalue weighted by molar-refractivity contribution is 0.0946. The molecular formula is C16H14N4O2. The average Bonchev–Trinajstić information content (AvgIpc) is 2.59. The number of amides is 2. The molecule has 2 N–H and O–H groups in total. The number of carbonyl (C=O) groups excluding carboxylic acids is 2. The van der Waals surface area contributed by atoms with Gasteiger partial charge in [-0.05, 0) is 24.3 Å². The van der Waals surface area contributed by atoms with Crippen LogP contribution in [-0.4, -0.2) is 24.2 Å². The lowest BCUT2D eigenvalue weighted by Gasteiger charge is -1.98. The monoisotopic (exact) mass is 294 g/mol. The van der Waals surface area contributed by atoms with E-state index >= 15 is 0 Å². The summed E-state index contributed by atoms with van der Waals surface area (Å²) in [4.78, 5) is 23.3. The van der Waals surface area contributed by atoms with Crippen molar-refractivity contribution in [2.45, 2.75) is 0 Å². The summed E-state index contributed by atoms with van der Waals surface area (Å²) in [5.74, 6) is -0.642. The smallest absolute Gasteiger partial charge is 0.267 e. The van der Waals surface area contributed by atoms with Gasteiger partial charge in [0, 0.05) is 11.1 Å². The lowest BCUT2D eigenvalue weighted by atomic mass is 10.2. The zero-order valence-corrected chi connectivity index (χ0v) is 11.6. The van der Waals surface area contributed by atoms with Crippen LogP contribution in [0.4, 0.5) is 0 Å². The molecule has 0 aliphatic heterocycles. The minimum atomic E-state index is -0.321. The van der Waals surface area contributed by atoms with Crippen molar-refractivity contribution in [1.82, 2.24) is 10.9 Å². The van der Waals surface area contributed by atoms with Crippen molar-refractivity contribution in [3.63, 3.8) is 0 Å². The van der Waals surface area contributed by atoms with Gasteiger partial charge in [-0.2, -0.15) is 10.2 Å². The Kier molecular flexibility index (Phi) is 5.57. The summed E-state index contributed by atoms with van der Waals surface area (Å²) >= 11 is 0. The normalized spacial score (nSPS) is 10.7. The summed E-state index contributed by atoms with van der Waals surface area (Å²) in [5.41, 5.74) is 5.71. The highest BCUT2D eigenvalue weighted by Crippen LogP contribution is 1.98. The van der Waals surface area contributed by atoms with Crippen molar-refractivity contribution in [2.75, 3.05) is 0 Å².